The highest BCUT2D eigenvalue weighted by molar-refractivity contribution is 9.10. The Hall–Kier alpha value is -1.50. The molecule has 2 rings (SSSR count). The molecule has 142 valence electrons. The van der Waals surface area contributed by atoms with E-state index in [2.05, 4.69) is 33.6 Å². The van der Waals surface area contributed by atoms with Crippen LogP contribution >= 0.6 is 27.7 Å². The first-order valence-corrected chi connectivity index (χ1v) is 10.6. The molecule has 0 spiro atoms. The van der Waals surface area contributed by atoms with Crippen LogP contribution in [0.3, 0.4) is 0 Å². The maximum absolute atomic E-state index is 12.9. The summed E-state index contributed by atoms with van der Waals surface area (Å²) >= 11 is 5.00. The number of nitrogens with two attached hydrogens (primary N) is 1. The van der Waals surface area contributed by atoms with Gasteiger partial charge in [0.15, 0.2) is 0 Å². The summed E-state index contributed by atoms with van der Waals surface area (Å²) in [4.78, 5) is 0. The number of hydrogen-bond acceptors (Lipinski definition) is 4. The molecule has 3 nitrogen and oxygen atoms in total. The van der Waals surface area contributed by atoms with Crippen LogP contribution in [-0.4, -0.2) is 13.3 Å². The molecule has 4 N–H and O–H groups in total. The third-order valence-corrected chi connectivity index (χ3v) is 4.68. The van der Waals surface area contributed by atoms with Gasteiger partial charge in [-0.05, 0) is 66.0 Å². The first-order chi connectivity index (χ1) is 12.5. The summed E-state index contributed by atoms with van der Waals surface area (Å²) in [7, 11) is 1.86. The van der Waals surface area contributed by atoms with Crippen LogP contribution in [0.15, 0.2) is 52.3 Å². The van der Waals surface area contributed by atoms with E-state index in [1.807, 2.05) is 43.0 Å². The van der Waals surface area contributed by atoms with Crippen LogP contribution < -0.4 is 16.6 Å². The van der Waals surface area contributed by atoms with E-state index in [-0.39, 0.29) is 5.82 Å². The molecule has 0 fully saturated rings. The van der Waals surface area contributed by atoms with Gasteiger partial charge in [-0.1, -0.05) is 41.4 Å². The van der Waals surface area contributed by atoms with Gasteiger partial charge in [-0.15, -0.1) is 11.8 Å². The van der Waals surface area contributed by atoms with E-state index in [0.29, 0.717) is 0 Å². The molecule has 0 aliphatic carbocycles. The van der Waals surface area contributed by atoms with Crippen LogP contribution in [-0.2, 0) is 6.42 Å². The average Bonchev–Trinajstić information content (AvgIpc) is 2.66. The zero-order chi connectivity index (χ0) is 19.4. The van der Waals surface area contributed by atoms with Gasteiger partial charge in [0.05, 0.1) is 5.70 Å². The highest BCUT2D eigenvalue weighted by atomic mass is 79.9. The lowest BCUT2D eigenvalue weighted by molar-refractivity contribution is 0.624. The average molecular weight is 440 g/mol. The Morgan fingerprint density at radius 1 is 1.23 bits per heavy atom. The first kappa shape index (κ1) is 22.5. The Bertz CT molecular complexity index is 690. The number of nitrogens with one attached hydrogen (secondary N) is 2. The van der Waals surface area contributed by atoms with Crippen molar-refractivity contribution >= 4 is 39.1 Å². The summed E-state index contributed by atoms with van der Waals surface area (Å²) in [6.07, 6.45) is 5.19. The van der Waals surface area contributed by atoms with Gasteiger partial charge in [0.1, 0.15) is 5.82 Å². The molecule has 0 saturated heterocycles. The maximum atomic E-state index is 12.9. The molecule has 0 bridgehead atoms. The summed E-state index contributed by atoms with van der Waals surface area (Å²) in [5.74, 6) is 5.24. The second kappa shape index (κ2) is 12.8. The molecule has 0 unspecified atom stereocenters. The molecule has 26 heavy (non-hydrogen) atoms. The van der Waals surface area contributed by atoms with E-state index >= 15 is 0 Å². The molecule has 6 heteroatoms. The minimum Gasteiger partial charge on any atom is -0.388 e. The summed E-state index contributed by atoms with van der Waals surface area (Å²) in [6.45, 7) is 2.14. The normalized spacial score (nSPS) is 10.8. The van der Waals surface area contributed by atoms with E-state index < -0.39 is 0 Å². The van der Waals surface area contributed by atoms with Gasteiger partial charge in [-0.3, -0.25) is 5.84 Å². The fourth-order valence-corrected chi connectivity index (χ4v) is 3.02. The second-order valence-electron chi connectivity index (χ2n) is 5.57. The highest BCUT2D eigenvalue weighted by Gasteiger charge is 2.01. The Labute approximate surface area is 168 Å². The van der Waals surface area contributed by atoms with Crippen molar-refractivity contribution in [1.29, 1.82) is 0 Å². The number of halogens is 2. The number of benzene rings is 2. The van der Waals surface area contributed by atoms with Gasteiger partial charge in [0.25, 0.3) is 0 Å². The van der Waals surface area contributed by atoms with Crippen LogP contribution in [0, 0.1) is 5.82 Å². The van der Waals surface area contributed by atoms with E-state index in [1.54, 1.807) is 23.9 Å². The third-order valence-electron chi connectivity index (χ3n) is 3.68. The second-order valence-corrected chi connectivity index (χ2v) is 7.20. The monoisotopic (exact) mass is 439 g/mol. The molecular weight excluding hydrogens is 413 g/mol. The largest absolute Gasteiger partial charge is 0.388 e. The van der Waals surface area contributed by atoms with Crippen molar-refractivity contribution in [2.45, 2.75) is 26.2 Å². The highest BCUT2D eigenvalue weighted by Crippen LogP contribution is 2.19. The van der Waals surface area contributed by atoms with Crippen molar-refractivity contribution in [3.63, 3.8) is 0 Å². The van der Waals surface area contributed by atoms with Crippen molar-refractivity contribution < 1.29 is 4.39 Å². The molecule has 0 aliphatic heterocycles. The van der Waals surface area contributed by atoms with E-state index in [4.69, 9.17) is 5.84 Å². The van der Waals surface area contributed by atoms with Crippen LogP contribution in [0.2, 0.25) is 0 Å². The number of anilines is 1. The lowest BCUT2D eigenvalue weighted by Crippen LogP contribution is -2.19. The van der Waals surface area contributed by atoms with Gasteiger partial charge in [-0.25, -0.2) is 4.39 Å². The van der Waals surface area contributed by atoms with Gasteiger partial charge in [-0.2, -0.15) is 0 Å². The zero-order valence-electron chi connectivity index (χ0n) is 15.5. The standard InChI is InChI=1S/C11H16FN.C9H11BrN2S/c1-3-4-5-9-8-10(12)6-7-11(9)13-2;1-13-6-9(12-11)7-2-4-8(10)5-3-7/h6-8,13H,3-5H2,1-2H3;2-6,12H,11H2,1H3/b;9-6-. The Morgan fingerprint density at radius 2 is 1.92 bits per heavy atom. The molecule has 0 amide bonds. The fourth-order valence-electron chi connectivity index (χ4n) is 2.31. The van der Waals surface area contributed by atoms with Gasteiger partial charge in [0.2, 0.25) is 0 Å². The number of unbranched alkanes of at least 4 members (excludes halogenated alkanes) is 1. The molecule has 0 heterocycles. The van der Waals surface area contributed by atoms with E-state index in [9.17, 15) is 4.39 Å². The van der Waals surface area contributed by atoms with Gasteiger partial charge >= 0.3 is 0 Å². The Morgan fingerprint density at radius 3 is 2.46 bits per heavy atom. The summed E-state index contributed by atoms with van der Waals surface area (Å²) in [5, 5.41) is 5.04. The number of hydrogen-bond donors (Lipinski definition) is 3. The molecular formula is C20H27BrFN3S. The minimum absolute atomic E-state index is 0.148. The van der Waals surface area contributed by atoms with Crippen molar-refractivity contribution in [1.82, 2.24) is 5.43 Å². The van der Waals surface area contributed by atoms with Crippen molar-refractivity contribution in [2.75, 3.05) is 18.6 Å². The van der Waals surface area contributed by atoms with Gasteiger partial charge in [0, 0.05) is 17.2 Å². The number of aryl methyl sites for hydroxylation is 1. The summed E-state index contributed by atoms with van der Waals surface area (Å²) in [6, 6.07) is 12.9. The number of hydrazine groups is 1. The lowest BCUT2D eigenvalue weighted by atomic mass is 10.1. The predicted molar refractivity (Wildman–Crippen MR) is 118 cm³/mol. The molecule has 0 atom stereocenters. The smallest absolute Gasteiger partial charge is 0.123 e. The SMILES string of the molecule is CCCCc1cc(F)ccc1NC.CS/C=C(\NN)c1ccc(Br)cc1. The van der Waals surface area contributed by atoms with Crippen molar-refractivity contribution in [2.24, 2.45) is 5.84 Å². The fraction of sp³-hybridized carbons (Fsp3) is 0.300. The first-order valence-electron chi connectivity index (χ1n) is 8.47. The summed E-state index contributed by atoms with van der Waals surface area (Å²) in [5.41, 5.74) is 6.79. The maximum Gasteiger partial charge on any atom is 0.123 e. The predicted octanol–water partition coefficient (Wildman–Crippen LogP) is 5.78. The third kappa shape index (κ3) is 7.81. The van der Waals surface area contributed by atoms with Crippen LogP contribution in [0.5, 0.6) is 0 Å². The van der Waals surface area contributed by atoms with Gasteiger partial charge < -0.3 is 10.7 Å². The van der Waals surface area contributed by atoms with Crippen LogP contribution in [0.4, 0.5) is 10.1 Å². The molecule has 0 aromatic heterocycles. The number of thioether (sulfide) groups is 1. The number of rotatable bonds is 7. The molecule has 2 aromatic rings. The van der Waals surface area contributed by atoms with E-state index in [1.165, 1.54) is 6.07 Å². The molecule has 0 aliphatic rings. The Kier molecular flexibility index (Phi) is 11.1. The molecule has 0 saturated carbocycles. The lowest BCUT2D eigenvalue weighted by Gasteiger charge is -2.08. The summed E-state index contributed by atoms with van der Waals surface area (Å²) < 4.78 is 13.9. The molecule has 0 radical (unpaired) electrons. The van der Waals surface area contributed by atoms with Crippen molar-refractivity contribution in [3.05, 3.63) is 69.3 Å². The topological polar surface area (TPSA) is 50.1 Å². The Balaban J connectivity index is 0.000000260. The van der Waals surface area contributed by atoms with E-state index in [0.717, 1.165) is 46.2 Å². The zero-order valence-corrected chi connectivity index (χ0v) is 17.9. The van der Waals surface area contributed by atoms with Crippen molar-refractivity contribution in [3.8, 4) is 0 Å². The quantitative estimate of drug-likeness (QED) is 0.377. The van der Waals surface area contributed by atoms with Crippen LogP contribution in [0.1, 0.15) is 30.9 Å². The van der Waals surface area contributed by atoms with Crippen LogP contribution in [0.25, 0.3) is 5.70 Å². The molecule has 2 aromatic carbocycles. The minimum atomic E-state index is -0.148.